The van der Waals surface area contributed by atoms with Crippen molar-refractivity contribution >= 4 is 22.6 Å². The van der Waals surface area contributed by atoms with E-state index in [0.717, 1.165) is 10.9 Å². The summed E-state index contributed by atoms with van der Waals surface area (Å²) in [7, 11) is 0. The molecule has 1 fully saturated rings. The number of benzene rings is 3. The topological polar surface area (TPSA) is 72.6 Å². The molecule has 4 aromatic rings. The summed E-state index contributed by atoms with van der Waals surface area (Å²) in [6, 6.07) is 22.5. The fourth-order valence-electron chi connectivity index (χ4n) is 4.74. The van der Waals surface area contributed by atoms with Gasteiger partial charge in [0, 0.05) is 24.1 Å². The summed E-state index contributed by atoms with van der Waals surface area (Å²) in [5, 5.41) is 4.93. The molecule has 1 saturated heterocycles. The van der Waals surface area contributed by atoms with Crippen LogP contribution in [0.15, 0.2) is 77.3 Å². The summed E-state index contributed by atoms with van der Waals surface area (Å²) in [6.45, 7) is 0.931. The van der Waals surface area contributed by atoms with Gasteiger partial charge >= 0.3 is 0 Å². The highest BCUT2D eigenvalue weighted by molar-refractivity contribution is 6.02. The van der Waals surface area contributed by atoms with E-state index in [2.05, 4.69) is 5.16 Å². The van der Waals surface area contributed by atoms with E-state index in [1.165, 1.54) is 0 Å². The molecule has 2 aliphatic rings. The minimum absolute atomic E-state index is 0.0690. The second kappa shape index (κ2) is 7.05. The van der Waals surface area contributed by atoms with Crippen molar-refractivity contribution < 1.29 is 18.8 Å². The Hall–Kier alpha value is -3.93. The van der Waals surface area contributed by atoms with Crippen LogP contribution in [0, 0.1) is 0 Å². The lowest BCUT2D eigenvalue weighted by Gasteiger charge is -2.34. The summed E-state index contributed by atoms with van der Waals surface area (Å²) in [4.78, 5) is 27.8. The van der Waals surface area contributed by atoms with E-state index < -0.39 is 5.60 Å². The van der Waals surface area contributed by atoms with Gasteiger partial charge in [-0.3, -0.25) is 9.59 Å². The SMILES string of the molecule is O=C1CC2(CCN(C(=O)c3ccc4noc(-c5ccccc5)c4c3)C2)Oc2ccccc21. The van der Waals surface area contributed by atoms with E-state index in [-0.39, 0.29) is 18.1 Å². The molecule has 1 aromatic heterocycles. The zero-order valence-electron chi connectivity index (χ0n) is 17.3. The van der Waals surface area contributed by atoms with Crippen molar-refractivity contribution in [3.05, 3.63) is 83.9 Å². The van der Waals surface area contributed by atoms with Gasteiger partial charge in [-0.15, -0.1) is 0 Å². The normalized spacial score (nSPS) is 19.9. The highest BCUT2D eigenvalue weighted by Crippen LogP contribution is 2.39. The molecule has 158 valence electrons. The zero-order chi connectivity index (χ0) is 21.7. The standard InChI is InChI=1S/C26H20N2O4/c29-22-15-26(31-23-9-5-4-8-19(22)23)12-13-28(16-26)25(30)18-10-11-21-20(14-18)24(32-27-21)17-6-2-1-3-7-17/h1-11,14H,12-13,15-16H2. The molecule has 0 saturated carbocycles. The number of carbonyl (C=O) groups excluding carboxylic acids is 2. The van der Waals surface area contributed by atoms with Crippen LogP contribution in [-0.2, 0) is 0 Å². The number of amides is 1. The van der Waals surface area contributed by atoms with Crippen molar-refractivity contribution in [2.45, 2.75) is 18.4 Å². The minimum atomic E-state index is -0.655. The van der Waals surface area contributed by atoms with Gasteiger partial charge in [-0.1, -0.05) is 47.6 Å². The molecule has 2 aliphatic heterocycles. The molecule has 3 heterocycles. The average molecular weight is 424 g/mol. The van der Waals surface area contributed by atoms with Gasteiger partial charge in [0.1, 0.15) is 16.9 Å². The van der Waals surface area contributed by atoms with Crippen LogP contribution in [0.2, 0.25) is 0 Å². The fraction of sp³-hybridized carbons (Fsp3) is 0.192. The van der Waals surface area contributed by atoms with E-state index in [4.69, 9.17) is 9.26 Å². The van der Waals surface area contributed by atoms with E-state index in [9.17, 15) is 9.59 Å². The van der Waals surface area contributed by atoms with Gasteiger partial charge in [-0.05, 0) is 30.3 Å². The van der Waals surface area contributed by atoms with Crippen molar-refractivity contribution in [2.75, 3.05) is 13.1 Å². The van der Waals surface area contributed by atoms with Crippen molar-refractivity contribution in [1.29, 1.82) is 0 Å². The summed E-state index contributed by atoms with van der Waals surface area (Å²) >= 11 is 0. The number of aromatic nitrogens is 1. The Balaban J connectivity index is 1.28. The predicted molar refractivity (Wildman–Crippen MR) is 119 cm³/mol. The smallest absolute Gasteiger partial charge is 0.254 e. The lowest BCUT2D eigenvalue weighted by Crippen LogP contribution is -2.45. The molecular formula is C26H20N2O4. The van der Waals surface area contributed by atoms with Crippen LogP contribution < -0.4 is 4.74 Å². The Morgan fingerprint density at radius 2 is 1.81 bits per heavy atom. The van der Waals surface area contributed by atoms with Gasteiger partial charge in [-0.25, -0.2) is 0 Å². The summed E-state index contributed by atoms with van der Waals surface area (Å²) in [5.41, 5.74) is 2.15. The Labute approximate surface area is 184 Å². The number of para-hydroxylation sites is 1. The molecule has 6 heteroatoms. The van der Waals surface area contributed by atoms with Crippen molar-refractivity contribution in [2.24, 2.45) is 0 Å². The van der Waals surface area contributed by atoms with Gasteiger partial charge in [0.25, 0.3) is 5.91 Å². The lowest BCUT2D eigenvalue weighted by molar-refractivity contribution is 0.0428. The summed E-state index contributed by atoms with van der Waals surface area (Å²) < 4.78 is 11.8. The molecule has 0 radical (unpaired) electrons. The molecule has 1 atom stereocenters. The maximum atomic E-state index is 13.3. The number of hydrogen-bond acceptors (Lipinski definition) is 5. The van der Waals surface area contributed by atoms with Gasteiger partial charge in [-0.2, -0.15) is 0 Å². The third-order valence-electron chi connectivity index (χ3n) is 6.36. The van der Waals surface area contributed by atoms with Crippen LogP contribution in [-0.4, -0.2) is 40.4 Å². The Kier molecular flexibility index (Phi) is 4.15. The number of ketones is 1. The average Bonchev–Trinajstić information content (AvgIpc) is 3.43. The first kappa shape index (κ1) is 18.8. The largest absolute Gasteiger partial charge is 0.484 e. The third kappa shape index (κ3) is 2.99. The first-order valence-electron chi connectivity index (χ1n) is 10.7. The highest BCUT2D eigenvalue weighted by atomic mass is 16.5. The predicted octanol–water partition coefficient (Wildman–Crippen LogP) is 4.74. The van der Waals surface area contributed by atoms with Crippen molar-refractivity contribution in [3.8, 4) is 17.1 Å². The molecular weight excluding hydrogens is 404 g/mol. The molecule has 1 amide bonds. The summed E-state index contributed by atoms with van der Waals surface area (Å²) in [6.07, 6.45) is 0.917. The van der Waals surface area contributed by atoms with Crippen LogP contribution >= 0.6 is 0 Å². The van der Waals surface area contributed by atoms with Crippen LogP contribution in [0.3, 0.4) is 0 Å². The van der Waals surface area contributed by atoms with Crippen molar-refractivity contribution in [3.63, 3.8) is 0 Å². The second-order valence-corrected chi connectivity index (χ2v) is 8.47. The van der Waals surface area contributed by atoms with E-state index in [0.29, 0.717) is 47.7 Å². The number of fused-ring (bicyclic) bond motifs is 2. The second-order valence-electron chi connectivity index (χ2n) is 8.47. The van der Waals surface area contributed by atoms with E-state index in [1.54, 1.807) is 23.1 Å². The molecule has 0 N–H and O–H groups in total. The lowest BCUT2D eigenvalue weighted by atomic mass is 9.89. The molecule has 3 aromatic carbocycles. The highest BCUT2D eigenvalue weighted by Gasteiger charge is 2.47. The number of rotatable bonds is 2. The summed E-state index contributed by atoms with van der Waals surface area (Å²) in [5.74, 6) is 1.24. The maximum absolute atomic E-state index is 13.3. The molecule has 0 bridgehead atoms. The van der Waals surface area contributed by atoms with Gasteiger partial charge in [0.15, 0.2) is 11.5 Å². The van der Waals surface area contributed by atoms with Crippen LogP contribution in [0.4, 0.5) is 0 Å². The third-order valence-corrected chi connectivity index (χ3v) is 6.36. The molecule has 0 aliphatic carbocycles. The van der Waals surface area contributed by atoms with Crippen molar-refractivity contribution in [1.82, 2.24) is 10.1 Å². The number of Topliss-reactive ketones (excluding diaryl/α,β-unsaturated/α-hetero) is 1. The first-order valence-corrected chi connectivity index (χ1v) is 10.7. The van der Waals surface area contributed by atoms with Crippen LogP contribution in [0.1, 0.15) is 33.6 Å². The zero-order valence-corrected chi connectivity index (χ0v) is 17.3. The number of carbonyl (C=O) groups is 2. The Morgan fingerprint density at radius 1 is 1.00 bits per heavy atom. The molecule has 6 rings (SSSR count). The molecule has 32 heavy (non-hydrogen) atoms. The Morgan fingerprint density at radius 3 is 2.69 bits per heavy atom. The van der Waals surface area contributed by atoms with Gasteiger partial charge < -0.3 is 14.2 Å². The minimum Gasteiger partial charge on any atom is -0.484 e. The quantitative estimate of drug-likeness (QED) is 0.465. The van der Waals surface area contributed by atoms with Crippen LogP contribution in [0.25, 0.3) is 22.2 Å². The van der Waals surface area contributed by atoms with Gasteiger partial charge in [0.05, 0.1) is 23.9 Å². The molecule has 6 nitrogen and oxygen atoms in total. The monoisotopic (exact) mass is 424 g/mol. The number of likely N-dealkylation sites (tertiary alicyclic amines) is 1. The first-order chi connectivity index (χ1) is 15.6. The van der Waals surface area contributed by atoms with E-state index in [1.807, 2.05) is 54.6 Å². The maximum Gasteiger partial charge on any atom is 0.254 e. The number of nitrogens with zero attached hydrogens (tertiary/aromatic N) is 2. The van der Waals surface area contributed by atoms with Gasteiger partial charge in [0.2, 0.25) is 0 Å². The van der Waals surface area contributed by atoms with E-state index >= 15 is 0 Å². The number of hydrogen-bond donors (Lipinski definition) is 0. The Bertz CT molecular complexity index is 1360. The van der Waals surface area contributed by atoms with Crippen LogP contribution in [0.5, 0.6) is 5.75 Å². The number of ether oxygens (including phenoxy) is 1. The fourth-order valence-corrected chi connectivity index (χ4v) is 4.74. The molecule has 1 spiro atoms. The molecule has 1 unspecified atom stereocenters.